The van der Waals surface area contributed by atoms with Crippen LogP contribution in [-0.4, -0.2) is 22.2 Å². The highest BCUT2D eigenvalue weighted by Gasteiger charge is 2.14. The minimum atomic E-state index is -0.638. The highest BCUT2D eigenvalue weighted by Crippen LogP contribution is 2.23. The van der Waals surface area contributed by atoms with E-state index in [0.29, 0.717) is 24.1 Å². The molecule has 4 aromatic rings. The highest BCUT2D eigenvalue weighted by atomic mass is 32.1. The summed E-state index contributed by atoms with van der Waals surface area (Å²) in [6.45, 7) is 2.85. The number of nitrogens with one attached hydrogen (secondary N) is 1. The number of thiophene rings is 1. The first-order valence-corrected chi connectivity index (χ1v) is 9.39. The monoisotopic (exact) mass is 379 g/mol. The molecule has 1 amide bonds. The third-order valence-electron chi connectivity index (χ3n) is 4.25. The van der Waals surface area contributed by atoms with E-state index in [1.54, 1.807) is 35.6 Å². The minimum absolute atomic E-state index is 0.00478. The predicted octanol–water partition coefficient (Wildman–Crippen LogP) is 3.46. The van der Waals surface area contributed by atoms with Crippen molar-refractivity contribution in [3.63, 3.8) is 0 Å². The van der Waals surface area contributed by atoms with E-state index in [-0.39, 0.29) is 5.56 Å². The summed E-state index contributed by atoms with van der Waals surface area (Å²) < 4.78 is 7.05. The van der Waals surface area contributed by atoms with E-state index in [1.807, 2.05) is 41.3 Å². The van der Waals surface area contributed by atoms with Crippen LogP contribution in [0, 0.1) is 6.92 Å². The number of nitrogens with zero attached hydrogens (tertiary/aromatic N) is 2. The molecule has 0 aliphatic carbocycles. The first kappa shape index (κ1) is 17.2. The van der Waals surface area contributed by atoms with Gasteiger partial charge in [-0.3, -0.25) is 9.48 Å². The largest absolute Gasteiger partial charge is 0.422 e. The van der Waals surface area contributed by atoms with Crippen LogP contribution >= 0.6 is 11.3 Å². The quantitative estimate of drug-likeness (QED) is 0.539. The first-order valence-electron chi connectivity index (χ1n) is 8.51. The van der Waals surface area contributed by atoms with Gasteiger partial charge in [-0.05, 0) is 36.6 Å². The number of aromatic nitrogens is 2. The van der Waals surface area contributed by atoms with E-state index in [0.717, 1.165) is 16.3 Å². The molecule has 27 heavy (non-hydrogen) atoms. The summed E-state index contributed by atoms with van der Waals surface area (Å²) in [4.78, 5) is 25.5. The molecule has 0 saturated heterocycles. The second kappa shape index (κ2) is 7.20. The van der Waals surface area contributed by atoms with Crippen LogP contribution in [0.1, 0.15) is 16.1 Å². The molecule has 1 N–H and O–H groups in total. The van der Waals surface area contributed by atoms with Gasteiger partial charge in [0.15, 0.2) is 0 Å². The van der Waals surface area contributed by atoms with Crippen LogP contribution in [0.2, 0.25) is 0 Å². The zero-order valence-corrected chi connectivity index (χ0v) is 15.5. The summed E-state index contributed by atoms with van der Waals surface area (Å²) in [5, 5.41) is 10.1. The van der Waals surface area contributed by atoms with E-state index in [1.165, 1.54) is 0 Å². The fourth-order valence-electron chi connectivity index (χ4n) is 2.87. The maximum Gasteiger partial charge on any atom is 0.349 e. The number of carbonyl (C=O) groups excluding carboxylic acids is 1. The minimum Gasteiger partial charge on any atom is -0.422 e. The Bertz CT molecular complexity index is 1160. The molecule has 3 aromatic heterocycles. The summed E-state index contributed by atoms with van der Waals surface area (Å²) in [5.41, 5.74) is 1.76. The van der Waals surface area contributed by atoms with Crippen LogP contribution in [0.15, 0.2) is 63.1 Å². The van der Waals surface area contributed by atoms with Crippen molar-refractivity contribution in [2.75, 3.05) is 6.54 Å². The summed E-state index contributed by atoms with van der Waals surface area (Å²) in [6, 6.07) is 14.7. The SMILES string of the molecule is Cc1cc(-c2cccs2)nn1CCNC(=O)c1cc2ccccc2oc1=O. The number of hydrogen-bond acceptors (Lipinski definition) is 5. The maximum absolute atomic E-state index is 12.4. The lowest BCUT2D eigenvalue weighted by molar-refractivity contribution is 0.0948. The van der Waals surface area contributed by atoms with Gasteiger partial charge >= 0.3 is 5.63 Å². The molecule has 4 rings (SSSR count). The third kappa shape index (κ3) is 3.54. The Morgan fingerprint density at radius 2 is 2.07 bits per heavy atom. The van der Waals surface area contributed by atoms with Gasteiger partial charge in [0.25, 0.3) is 5.91 Å². The Labute approximate surface area is 159 Å². The number of fused-ring (bicyclic) bond motifs is 1. The lowest BCUT2D eigenvalue weighted by atomic mass is 10.2. The van der Waals surface area contributed by atoms with Crippen molar-refractivity contribution in [3.05, 3.63) is 75.6 Å². The summed E-state index contributed by atoms with van der Waals surface area (Å²) in [6.07, 6.45) is 0. The van der Waals surface area contributed by atoms with Gasteiger partial charge in [0.1, 0.15) is 16.8 Å². The standard InChI is InChI=1S/C20H17N3O3S/c1-13-11-16(18-7-4-10-27-18)22-23(13)9-8-21-19(24)15-12-14-5-2-3-6-17(14)26-20(15)25/h2-7,10-12H,8-9H2,1H3,(H,21,24). The second-order valence-corrected chi connectivity index (χ2v) is 7.06. The number of rotatable bonds is 5. The molecule has 3 heterocycles. The Balaban J connectivity index is 1.44. The number of aryl methyl sites for hydroxylation is 1. The van der Waals surface area contributed by atoms with Gasteiger partial charge in [-0.25, -0.2) is 4.79 Å². The van der Waals surface area contributed by atoms with Crippen molar-refractivity contribution >= 4 is 28.2 Å². The van der Waals surface area contributed by atoms with E-state index in [4.69, 9.17) is 4.42 Å². The molecule has 0 fully saturated rings. The average molecular weight is 379 g/mol. The van der Waals surface area contributed by atoms with Gasteiger partial charge in [0.2, 0.25) is 0 Å². The number of carbonyl (C=O) groups is 1. The molecule has 0 aliphatic rings. The van der Waals surface area contributed by atoms with Gasteiger partial charge in [0.05, 0.1) is 11.4 Å². The third-order valence-corrected chi connectivity index (χ3v) is 5.14. The van der Waals surface area contributed by atoms with Crippen molar-refractivity contribution in [3.8, 4) is 10.6 Å². The predicted molar refractivity (Wildman–Crippen MR) is 105 cm³/mol. The zero-order chi connectivity index (χ0) is 18.8. The second-order valence-electron chi connectivity index (χ2n) is 6.11. The number of para-hydroxylation sites is 1. The number of amides is 1. The van der Waals surface area contributed by atoms with Gasteiger partial charge < -0.3 is 9.73 Å². The first-order chi connectivity index (χ1) is 13.1. The Morgan fingerprint density at radius 1 is 1.22 bits per heavy atom. The Kier molecular flexibility index (Phi) is 4.60. The highest BCUT2D eigenvalue weighted by molar-refractivity contribution is 7.13. The fourth-order valence-corrected chi connectivity index (χ4v) is 3.55. The van der Waals surface area contributed by atoms with Gasteiger partial charge in [-0.1, -0.05) is 24.3 Å². The Morgan fingerprint density at radius 3 is 2.89 bits per heavy atom. The van der Waals surface area contributed by atoms with Crippen molar-refractivity contribution in [2.45, 2.75) is 13.5 Å². The summed E-state index contributed by atoms with van der Waals surface area (Å²) in [5.74, 6) is -0.446. The van der Waals surface area contributed by atoms with E-state index < -0.39 is 11.5 Å². The molecule has 1 aromatic carbocycles. The lowest BCUT2D eigenvalue weighted by Crippen LogP contribution is -2.31. The van der Waals surface area contributed by atoms with Crippen LogP contribution in [0.3, 0.4) is 0 Å². The summed E-state index contributed by atoms with van der Waals surface area (Å²) >= 11 is 1.64. The molecule has 0 aliphatic heterocycles. The molecule has 0 atom stereocenters. The number of benzene rings is 1. The summed E-state index contributed by atoms with van der Waals surface area (Å²) in [7, 11) is 0. The molecule has 0 bridgehead atoms. The normalized spacial score (nSPS) is 11.0. The van der Waals surface area contributed by atoms with Crippen molar-refractivity contribution in [2.24, 2.45) is 0 Å². The van der Waals surface area contributed by atoms with E-state index in [9.17, 15) is 9.59 Å². The van der Waals surface area contributed by atoms with Gasteiger partial charge in [-0.15, -0.1) is 11.3 Å². The molecule has 0 saturated carbocycles. The van der Waals surface area contributed by atoms with Crippen molar-refractivity contribution in [1.82, 2.24) is 15.1 Å². The average Bonchev–Trinajstić information content (AvgIpc) is 3.31. The molecular weight excluding hydrogens is 362 g/mol. The van der Waals surface area contributed by atoms with Crippen LogP contribution < -0.4 is 10.9 Å². The topological polar surface area (TPSA) is 77.1 Å². The van der Waals surface area contributed by atoms with E-state index in [2.05, 4.69) is 10.4 Å². The van der Waals surface area contributed by atoms with E-state index >= 15 is 0 Å². The Hall–Kier alpha value is -3.19. The molecule has 7 heteroatoms. The molecular formula is C20H17N3O3S. The zero-order valence-electron chi connectivity index (χ0n) is 14.6. The van der Waals surface area contributed by atoms with Crippen LogP contribution in [0.25, 0.3) is 21.5 Å². The fraction of sp³-hybridized carbons (Fsp3) is 0.150. The van der Waals surface area contributed by atoms with Crippen LogP contribution in [-0.2, 0) is 6.54 Å². The lowest BCUT2D eigenvalue weighted by Gasteiger charge is -2.07. The van der Waals surface area contributed by atoms with Gasteiger partial charge in [0, 0.05) is 17.6 Å². The van der Waals surface area contributed by atoms with Crippen LogP contribution in [0.4, 0.5) is 0 Å². The molecule has 0 radical (unpaired) electrons. The molecule has 0 spiro atoms. The molecule has 6 nitrogen and oxygen atoms in total. The number of hydrogen-bond donors (Lipinski definition) is 1. The maximum atomic E-state index is 12.4. The van der Waals surface area contributed by atoms with Crippen molar-refractivity contribution in [1.29, 1.82) is 0 Å². The molecule has 0 unspecified atom stereocenters. The van der Waals surface area contributed by atoms with Crippen molar-refractivity contribution < 1.29 is 9.21 Å². The van der Waals surface area contributed by atoms with Crippen LogP contribution in [0.5, 0.6) is 0 Å². The smallest absolute Gasteiger partial charge is 0.349 e. The van der Waals surface area contributed by atoms with Gasteiger partial charge in [-0.2, -0.15) is 5.10 Å². The molecule has 136 valence electrons.